The summed E-state index contributed by atoms with van der Waals surface area (Å²) in [6.07, 6.45) is 0.433. The van der Waals surface area contributed by atoms with Crippen LogP contribution in [-0.2, 0) is 10.0 Å². The fraction of sp³-hybridized carbons (Fsp3) is 0.240. The van der Waals surface area contributed by atoms with E-state index in [-0.39, 0.29) is 4.90 Å². The number of ether oxygens (including phenoxy) is 2. The normalized spacial score (nSPS) is 15.8. The Hall–Kier alpha value is -3.52. The minimum atomic E-state index is -3.85. The molecule has 0 aliphatic carbocycles. The second kappa shape index (κ2) is 9.15. The van der Waals surface area contributed by atoms with Gasteiger partial charge in [0.15, 0.2) is 11.5 Å². The van der Waals surface area contributed by atoms with Crippen molar-refractivity contribution in [2.75, 3.05) is 33.2 Å². The third kappa shape index (κ3) is 4.39. The van der Waals surface area contributed by atoms with Crippen LogP contribution in [0, 0.1) is 0 Å². The van der Waals surface area contributed by atoms with Crippen molar-refractivity contribution in [1.82, 2.24) is 4.41 Å². The molecule has 1 aliphatic rings. The van der Waals surface area contributed by atoms with E-state index in [9.17, 15) is 8.42 Å². The molecular formula is C25H27N3O4S. The van der Waals surface area contributed by atoms with Crippen molar-refractivity contribution >= 4 is 21.4 Å². The van der Waals surface area contributed by atoms with Crippen LogP contribution in [0.1, 0.15) is 23.6 Å². The summed E-state index contributed by atoms with van der Waals surface area (Å²) < 4.78 is 39.1. The van der Waals surface area contributed by atoms with E-state index in [2.05, 4.69) is 5.10 Å². The molecule has 7 nitrogen and oxygen atoms in total. The summed E-state index contributed by atoms with van der Waals surface area (Å²) in [5.74, 6) is 1.17. The predicted octanol–water partition coefficient (Wildman–Crippen LogP) is 4.31. The van der Waals surface area contributed by atoms with Crippen molar-refractivity contribution in [2.24, 2.45) is 5.10 Å². The van der Waals surface area contributed by atoms with E-state index >= 15 is 0 Å². The number of hydrogen-bond acceptors (Lipinski definition) is 6. The summed E-state index contributed by atoms with van der Waals surface area (Å²) in [5.41, 5.74) is 3.36. The van der Waals surface area contributed by atoms with Crippen molar-refractivity contribution in [3.05, 3.63) is 83.9 Å². The third-order valence-electron chi connectivity index (χ3n) is 5.67. The summed E-state index contributed by atoms with van der Waals surface area (Å²) in [6, 6.07) is 21.3. The maximum absolute atomic E-state index is 13.6. The Morgan fingerprint density at radius 3 is 2.18 bits per heavy atom. The highest BCUT2D eigenvalue weighted by molar-refractivity contribution is 7.89. The highest BCUT2D eigenvalue weighted by Gasteiger charge is 2.37. The molecule has 1 aliphatic heterocycles. The van der Waals surface area contributed by atoms with Gasteiger partial charge in [0.1, 0.15) is 0 Å². The number of methoxy groups -OCH3 is 2. The van der Waals surface area contributed by atoms with E-state index < -0.39 is 16.1 Å². The smallest absolute Gasteiger partial charge is 0.279 e. The van der Waals surface area contributed by atoms with E-state index in [0.717, 1.165) is 16.8 Å². The molecule has 0 fully saturated rings. The molecule has 0 radical (unpaired) electrons. The van der Waals surface area contributed by atoms with Crippen LogP contribution in [0.15, 0.2) is 82.8 Å². The van der Waals surface area contributed by atoms with Gasteiger partial charge in [-0.2, -0.15) is 17.9 Å². The Morgan fingerprint density at radius 2 is 1.58 bits per heavy atom. The number of hydrogen-bond donors (Lipinski definition) is 0. The van der Waals surface area contributed by atoms with Crippen molar-refractivity contribution < 1.29 is 17.9 Å². The van der Waals surface area contributed by atoms with Gasteiger partial charge in [0.2, 0.25) is 0 Å². The zero-order valence-corrected chi connectivity index (χ0v) is 19.9. The van der Waals surface area contributed by atoms with Crippen LogP contribution in [0.4, 0.5) is 5.69 Å². The van der Waals surface area contributed by atoms with Crippen molar-refractivity contribution in [2.45, 2.75) is 17.4 Å². The van der Waals surface area contributed by atoms with Crippen molar-refractivity contribution in [3.8, 4) is 11.5 Å². The molecule has 0 spiro atoms. The molecule has 3 aromatic carbocycles. The Labute approximate surface area is 194 Å². The molecule has 0 unspecified atom stereocenters. The topological polar surface area (TPSA) is 71.4 Å². The maximum atomic E-state index is 13.6. The largest absolute Gasteiger partial charge is 0.493 e. The number of hydrazone groups is 1. The van der Waals surface area contributed by atoms with Crippen LogP contribution in [-0.4, -0.2) is 46.9 Å². The Kier molecular flexibility index (Phi) is 6.29. The van der Waals surface area contributed by atoms with Crippen LogP contribution < -0.4 is 14.4 Å². The molecule has 4 rings (SSSR count). The van der Waals surface area contributed by atoms with Crippen molar-refractivity contribution in [1.29, 1.82) is 0 Å². The fourth-order valence-electron chi connectivity index (χ4n) is 3.84. The van der Waals surface area contributed by atoms with Crippen LogP contribution in [0.25, 0.3) is 0 Å². The maximum Gasteiger partial charge on any atom is 0.279 e. The van der Waals surface area contributed by atoms with E-state index in [0.29, 0.717) is 23.6 Å². The average Bonchev–Trinajstić information content (AvgIpc) is 3.30. The summed E-state index contributed by atoms with van der Waals surface area (Å²) in [7, 11) is 3.23. The molecular weight excluding hydrogens is 438 g/mol. The highest BCUT2D eigenvalue weighted by Crippen LogP contribution is 2.39. The van der Waals surface area contributed by atoms with E-state index in [1.807, 2.05) is 55.4 Å². The first-order chi connectivity index (χ1) is 15.8. The number of rotatable bonds is 7. The zero-order valence-electron chi connectivity index (χ0n) is 19.1. The van der Waals surface area contributed by atoms with Crippen LogP contribution in [0.5, 0.6) is 11.5 Å². The summed E-state index contributed by atoms with van der Waals surface area (Å²) >= 11 is 0. The van der Waals surface area contributed by atoms with E-state index in [1.54, 1.807) is 50.6 Å². The standard InChI is InChI=1S/C25H27N3O4S/c1-27(2)20-13-10-18(11-14-20)23-17-22(19-12-15-24(31-3)25(16-19)32-4)26-28(23)33(29,30)21-8-6-5-7-9-21/h5-16,23H,17H2,1-4H3/t23-/m0/s1. The van der Waals surface area contributed by atoms with Gasteiger partial charge >= 0.3 is 0 Å². The summed E-state index contributed by atoms with van der Waals surface area (Å²) in [5, 5.41) is 4.61. The molecule has 0 saturated heterocycles. The molecule has 0 bridgehead atoms. The summed E-state index contributed by atoms with van der Waals surface area (Å²) in [4.78, 5) is 2.21. The van der Waals surface area contributed by atoms with E-state index in [1.165, 1.54) is 4.41 Å². The van der Waals surface area contributed by atoms with Crippen LogP contribution in [0.3, 0.4) is 0 Å². The van der Waals surface area contributed by atoms with Gasteiger partial charge in [-0.25, -0.2) is 0 Å². The molecule has 8 heteroatoms. The lowest BCUT2D eigenvalue weighted by molar-refractivity contribution is 0.355. The third-order valence-corrected chi connectivity index (χ3v) is 7.37. The number of benzene rings is 3. The minimum Gasteiger partial charge on any atom is -0.493 e. The quantitative estimate of drug-likeness (QED) is 0.520. The fourth-order valence-corrected chi connectivity index (χ4v) is 5.30. The molecule has 33 heavy (non-hydrogen) atoms. The van der Waals surface area contributed by atoms with E-state index in [4.69, 9.17) is 9.47 Å². The first kappa shape index (κ1) is 22.7. The Morgan fingerprint density at radius 1 is 0.909 bits per heavy atom. The van der Waals surface area contributed by atoms with Gasteiger partial charge in [-0.15, -0.1) is 0 Å². The van der Waals surface area contributed by atoms with Crippen molar-refractivity contribution in [3.63, 3.8) is 0 Å². The molecule has 172 valence electrons. The highest BCUT2D eigenvalue weighted by atomic mass is 32.2. The second-order valence-corrected chi connectivity index (χ2v) is 9.71. The Balaban J connectivity index is 1.78. The van der Waals surface area contributed by atoms with Gasteiger partial charge in [0.05, 0.1) is 30.9 Å². The Bertz CT molecular complexity index is 1260. The molecule has 3 aromatic rings. The molecule has 0 N–H and O–H groups in total. The van der Waals surface area contributed by atoms with Gasteiger partial charge in [-0.05, 0) is 48.0 Å². The number of nitrogens with zero attached hydrogens (tertiary/aromatic N) is 3. The first-order valence-corrected chi connectivity index (χ1v) is 12.0. The van der Waals surface area contributed by atoms with Crippen LogP contribution >= 0.6 is 0 Å². The lowest BCUT2D eigenvalue weighted by Crippen LogP contribution is -2.27. The monoisotopic (exact) mass is 465 g/mol. The zero-order chi connectivity index (χ0) is 23.6. The van der Waals surface area contributed by atoms with Crippen LogP contribution in [0.2, 0.25) is 0 Å². The summed E-state index contributed by atoms with van der Waals surface area (Å²) in [6.45, 7) is 0. The number of anilines is 1. The van der Waals surface area contributed by atoms with Gasteiger partial charge in [-0.3, -0.25) is 0 Å². The van der Waals surface area contributed by atoms with Gasteiger partial charge < -0.3 is 14.4 Å². The molecule has 1 atom stereocenters. The van der Waals surface area contributed by atoms with Gasteiger partial charge in [0, 0.05) is 31.8 Å². The lowest BCUT2D eigenvalue weighted by atomic mass is 9.98. The number of sulfonamides is 1. The molecule has 0 amide bonds. The molecule has 0 aromatic heterocycles. The molecule has 0 saturated carbocycles. The van der Waals surface area contributed by atoms with Gasteiger partial charge in [0.25, 0.3) is 10.0 Å². The van der Waals surface area contributed by atoms with Gasteiger partial charge in [-0.1, -0.05) is 30.3 Å². The first-order valence-electron chi connectivity index (χ1n) is 10.5. The molecule has 1 heterocycles. The second-order valence-electron chi connectivity index (χ2n) is 7.91. The lowest BCUT2D eigenvalue weighted by Gasteiger charge is -2.24. The SMILES string of the molecule is COc1ccc(C2=NN(S(=O)(=O)c3ccccc3)[C@H](c3ccc(N(C)C)cc3)C2)cc1OC. The average molecular weight is 466 g/mol. The minimum absolute atomic E-state index is 0.206. The predicted molar refractivity (Wildman–Crippen MR) is 130 cm³/mol.